The number of nitrogens with one attached hydrogen (secondary N) is 1. The number of carbonyl (C=O) groups excluding carboxylic acids is 2. The zero-order valence-corrected chi connectivity index (χ0v) is 14.9. The van der Waals surface area contributed by atoms with Gasteiger partial charge >= 0.3 is 5.97 Å². The van der Waals surface area contributed by atoms with Crippen LogP contribution in [0.2, 0.25) is 5.02 Å². The van der Waals surface area contributed by atoms with E-state index < -0.39 is 12.1 Å². The highest BCUT2D eigenvalue weighted by Gasteiger charge is 2.16. The molecule has 1 N–H and O–H groups in total. The van der Waals surface area contributed by atoms with Gasteiger partial charge in [-0.05, 0) is 49.7 Å². The minimum Gasteiger partial charge on any atom is -0.479 e. The summed E-state index contributed by atoms with van der Waals surface area (Å²) in [5.74, 6) is -0.215. The van der Waals surface area contributed by atoms with E-state index in [2.05, 4.69) is 5.32 Å². The number of carbonyl (C=O) groups is 2. The molecule has 0 saturated heterocycles. The largest absolute Gasteiger partial charge is 0.479 e. The standard InChI is InChI=1S/C19H20ClNO4/c1-3-12-24-19(23)13(2)25-15-10-8-14(9-11-15)18(22)21-17-7-5-4-6-16(17)20/h4-11,13H,3,12H2,1-2H3,(H,21,22). The molecule has 1 amide bonds. The van der Waals surface area contributed by atoms with Crippen LogP contribution in [0.5, 0.6) is 5.75 Å². The Labute approximate surface area is 151 Å². The van der Waals surface area contributed by atoms with E-state index in [1.165, 1.54) is 0 Å². The van der Waals surface area contributed by atoms with Gasteiger partial charge < -0.3 is 14.8 Å². The number of anilines is 1. The second kappa shape index (κ2) is 9.08. The van der Waals surface area contributed by atoms with E-state index in [1.807, 2.05) is 6.92 Å². The molecule has 0 fully saturated rings. The number of benzene rings is 2. The van der Waals surface area contributed by atoms with Gasteiger partial charge in [0.15, 0.2) is 6.10 Å². The third-order valence-corrected chi connectivity index (χ3v) is 3.66. The first-order valence-corrected chi connectivity index (χ1v) is 8.38. The van der Waals surface area contributed by atoms with Crippen LogP contribution in [0, 0.1) is 0 Å². The highest BCUT2D eigenvalue weighted by atomic mass is 35.5. The molecule has 1 atom stereocenters. The Morgan fingerprint density at radius 3 is 2.44 bits per heavy atom. The third-order valence-electron chi connectivity index (χ3n) is 3.33. The minimum absolute atomic E-state index is 0.282. The Hall–Kier alpha value is -2.53. The fourth-order valence-electron chi connectivity index (χ4n) is 2.01. The zero-order chi connectivity index (χ0) is 18.2. The van der Waals surface area contributed by atoms with Crippen LogP contribution in [-0.2, 0) is 9.53 Å². The number of ether oxygens (including phenoxy) is 2. The third kappa shape index (κ3) is 5.50. The van der Waals surface area contributed by atoms with E-state index in [4.69, 9.17) is 21.1 Å². The van der Waals surface area contributed by atoms with Crippen molar-refractivity contribution in [3.63, 3.8) is 0 Å². The molecule has 6 heteroatoms. The van der Waals surface area contributed by atoms with Crippen molar-refractivity contribution in [3.05, 3.63) is 59.1 Å². The quantitative estimate of drug-likeness (QED) is 0.746. The lowest BCUT2D eigenvalue weighted by Crippen LogP contribution is -2.26. The van der Waals surface area contributed by atoms with Crippen LogP contribution < -0.4 is 10.1 Å². The summed E-state index contributed by atoms with van der Waals surface area (Å²) in [7, 11) is 0. The number of esters is 1. The Morgan fingerprint density at radius 1 is 1.12 bits per heavy atom. The van der Waals surface area contributed by atoms with Crippen molar-refractivity contribution in [2.24, 2.45) is 0 Å². The molecule has 0 saturated carbocycles. The second-order valence-electron chi connectivity index (χ2n) is 5.39. The summed E-state index contributed by atoms with van der Waals surface area (Å²) in [6.45, 7) is 3.91. The second-order valence-corrected chi connectivity index (χ2v) is 5.79. The molecular weight excluding hydrogens is 342 g/mol. The molecule has 1 unspecified atom stereocenters. The Balaban J connectivity index is 1.96. The molecule has 0 aliphatic rings. The van der Waals surface area contributed by atoms with Gasteiger partial charge in [-0.15, -0.1) is 0 Å². The van der Waals surface area contributed by atoms with Crippen LogP contribution in [0.4, 0.5) is 5.69 Å². The van der Waals surface area contributed by atoms with Crippen molar-refractivity contribution < 1.29 is 19.1 Å². The van der Waals surface area contributed by atoms with Crippen molar-refractivity contribution in [2.75, 3.05) is 11.9 Å². The molecule has 2 aromatic carbocycles. The molecule has 0 heterocycles. The first-order valence-electron chi connectivity index (χ1n) is 8.00. The van der Waals surface area contributed by atoms with E-state index in [9.17, 15) is 9.59 Å². The van der Waals surface area contributed by atoms with Crippen LogP contribution in [-0.4, -0.2) is 24.6 Å². The number of para-hydroxylation sites is 1. The molecule has 132 valence electrons. The molecule has 0 aliphatic carbocycles. The van der Waals surface area contributed by atoms with Gasteiger partial charge in [-0.25, -0.2) is 4.79 Å². The number of hydrogen-bond acceptors (Lipinski definition) is 4. The summed E-state index contributed by atoms with van der Waals surface area (Å²) in [6, 6.07) is 13.5. The first-order chi connectivity index (χ1) is 12.0. The van der Waals surface area contributed by atoms with Gasteiger partial charge in [0.25, 0.3) is 5.91 Å². The van der Waals surface area contributed by atoms with Crippen molar-refractivity contribution in [3.8, 4) is 5.75 Å². The fraction of sp³-hybridized carbons (Fsp3) is 0.263. The number of amides is 1. The maximum atomic E-state index is 12.2. The maximum absolute atomic E-state index is 12.2. The first kappa shape index (κ1) is 18.8. The van der Waals surface area contributed by atoms with Gasteiger partial charge in [0.2, 0.25) is 0 Å². The Morgan fingerprint density at radius 2 is 1.80 bits per heavy atom. The SMILES string of the molecule is CCCOC(=O)C(C)Oc1ccc(C(=O)Nc2ccccc2Cl)cc1. The van der Waals surface area contributed by atoms with E-state index >= 15 is 0 Å². The van der Waals surface area contributed by atoms with Crippen LogP contribution in [0.15, 0.2) is 48.5 Å². The predicted molar refractivity (Wildman–Crippen MR) is 97.2 cm³/mol. The fourth-order valence-corrected chi connectivity index (χ4v) is 2.20. The average Bonchev–Trinajstić information content (AvgIpc) is 2.62. The van der Waals surface area contributed by atoms with Gasteiger partial charge in [-0.2, -0.15) is 0 Å². The summed E-state index contributed by atoms with van der Waals surface area (Å²) < 4.78 is 10.5. The van der Waals surface area contributed by atoms with E-state index in [1.54, 1.807) is 55.5 Å². The summed E-state index contributed by atoms with van der Waals surface area (Å²) in [5, 5.41) is 3.21. The molecule has 25 heavy (non-hydrogen) atoms. The van der Waals surface area contributed by atoms with Gasteiger partial charge in [0.1, 0.15) is 5.75 Å². The summed E-state index contributed by atoms with van der Waals surface area (Å²) >= 11 is 6.03. The van der Waals surface area contributed by atoms with E-state index in [0.717, 1.165) is 6.42 Å². The molecule has 0 radical (unpaired) electrons. The number of hydrogen-bond donors (Lipinski definition) is 1. The normalized spacial score (nSPS) is 11.5. The maximum Gasteiger partial charge on any atom is 0.347 e. The van der Waals surface area contributed by atoms with Gasteiger partial charge in [0, 0.05) is 5.56 Å². The van der Waals surface area contributed by atoms with Crippen molar-refractivity contribution in [2.45, 2.75) is 26.4 Å². The zero-order valence-electron chi connectivity index (χ0n) is 14.1. The Kier molecular flexibility index (Phi) is 6.83. The van der Waals surface area contributed by atoms with E-state index in [0.29, 0.717) is 28.6 Å². The Bertz CT molecular complexity index is 730. The highest BCUT2D eigenvalue weighted by Crippen LogP contribution is 2.22. The van der Waals surface area contributed by atoms with E-state index in [-0.39, 0.29) is 5.91 Å². The van der Waals surface area contributed by atoms with Crippen molar-refractivity contribution in [1.29, 1.82) is 0 Å². The summed E-state index contributed by atoms with van der Waals surface area (Å²) in [4.78, 5) is 23.9. The molecule has 0 bridgehead atoms. The monoisotopic (exact) mass is 361 g/mol. The van der Waals surface area contributed by atoms with Gasteiger partial charge in [0.05, 0.1) is 17.3 Å². The lowest BCUT2D eigenvalue weighted by molar-refractivity contribution is -0.151. The van der Waals surface area contributed by atoms with Crippen molar-refractivity contribution in [1.82, 2.24) is 0 Å². The predicted octanol–water partition coefficient (Wildman–Crippen LogP) is 4.31. The molecule has 0 spiro atoms. The number of halogens is 1. The molecule has 2 rings (SSSR count). The van der Waals surface area contributed by atoms with Crippen molar-refractivity contribution >= 4 is 29.2 Å². The average molecular weight is 362 g/mol. The molecular formula is C19H20ClNO4. The minimum atomic E-state index is -0.714. The molecule has 5 nitrogen and oxygen atoms in total. The van der Waals surface area contributed by atoms with Crippen LogP contribution in [0.25, 0.3) is 0 Å². The lowest BCUT2D eigenvalue weighted by atomic mass is 10.2. The lowest BCUT2D eigenvalue weighted by Gasteiger charge is -2.14. The van der Waals surface area contributed by atoms with Gasteiger partial charge in [-0.1, -0.05) is 30.7 Å². The molecule has 2 aromatic rings. The van der Waals surface area contributed by atoms with Gasteiger partial charge in [-0.3, -0.25) is 4.79 Å². The smallest absolute Gasteiger partial charge is 0.347 e. The molecule has 0 aliphatic heterocycles. The van der Waals surface area contributed by atoms with Crippen LogP contribution in [0.1, 0.15) is 30.6 Å². The van der Waals surface area contributed by atoms with Crippen LogP contribution in [0.3, 0.4) is 0 Å². The highest BCUT2D eigenvalue weighted by molar-refractivity contribution is 6.33. The van der Waals surface area contributed by atoms with Crippen LogP contribution >= 0.6 is 11.6 Å². The number of rotatable bonds is 7. The topological polar surface area (TPSA) is 64.6 Å². The summed E-state index contributed by atoms with van der Waals surface area (Å²) in [5.41, 5.74) is 0.996. The molecule has 0 aromatic heterocycles. The summed E-state index contributed by atoms with van der Waals surface area (Å²) in [6.07, 6.45) is 0.0441.